The average Bonchev–Trinajstić information content (AvgIpc) is 2.12. The summed E-state index contributed by atoms with van der Waals surface area (Å²) >= 11 is 1.27. The van der Waals surface area contributed by atoms with Gasteiger partial charge in [0.15, 0.2) is 0 Å². The van der Waals surface area contributed by atoms with Crippen molar-refractivity contribution in [3.05, 3.63) is 11.5 Å². The van der Waals surface area contributed by atoms with Crippen molar-refractivity contribution in [1.82, 2.24) is 0 Å². The van der Waals surface area contributed by atoms with Crippen LogP contribution in [-0.4, -0.2) is 12.6 Å². The molecule has 0 aromatic rings. The van der Waals surface area contributed by atoms with Crippen LogP contribution in [0, 0.1) is 0 Å². The summed E-state index contributed by atoms with van der Waals surface area (Å²) < 4.78 is 20.7. The molecule has 0 aliphatic carbocycles. The average molecular weight is 148 g/mol. The third kappa shape index (κ3) is 1.14. The summed E-state index contributed by atoms with van der Waals surface area (Å²) in [4.78, 5) is 0. The predicted octanol–water partition coefficient (Wildman–Crippen LogP) is 0.646. The number of hydrogen-bond acceptors (Lipinski definition) is 3. The van der Waals surface area contributed by atoms with Crippen molar-refractivity contribution < 1.29 is 8.42 Å². The third-order valence-electron chi connectivity index (χ3n) is 0.766. The quantitative estimate of drug-likeness (QED) is 0.473. The number of allylic oxidation sites excluding steroid dienone is 1. The lowest BCUT2D eigenvalue weighted by atomic mass is 10.5. The molecule has 0 radical (unpaired) electrons. The topological polar surface area (TPSA) is 34.1 Å². The molecule has 1 rings (SSSR count). The first-order valence-corrected chi connectivity index (χ1v) is 4.03. The fourth-order valence-electron chi connectivity index (χ4n) is 0.424. The molecule has 8 heavy (non-hydrogen) atoms. The molecular weight excluding hydrogens is 144 g/mol. The first kappa shape index (κ1) is 5.91. The minimum atomic E-state index is -1.97. The van der Waals surface area contributed by atoms with Gasteiger partial charge < -0.3 is 0 Å². The Kier molecular flexibility index (Phi) is 1.75. The highest BCUT2D eigenvalue weighted by molar-refractivity contribution is 8.24. The monoisotopic (exact) mass is 148 g/mol. The van der Waals surface area contributed by atoms with E-state index < -0.39 is 10.3 Å². The fraction of sp³-hybridized carbons (Fsp3) is 0.250. The van der Waals surface area contributed by atoms with Crippen LogP contribution in [0.5, 0.6) is 0 Å². The van der Waals surface area contributed by atoms with Gasteiger partial charge in [0.2, 0.25) is 10.3 Å². The fourth-order valence-corrected chi connectivity index (χ4v) is 1.67. The molecule has 0 atom stereocenters. The Labute approximate surface area is 53.1 Å². The molecule has 0 saturated heterocycles. The van der Waals surface area contributed by atoms with E-state index in [1.807, 2.05) is 6.08 Å². The molecule has 0 aromatic heterocycles. The Hall–Kier alpha value is -0.220. The number of rotatable bonds is 0. The van der Waals surface area contributed by atoms with Crippen LogP contribution in [0.1, 0.15) is 6.42 Å². The van der Waals surface area contributed by atoms with Gasteiger partial charge in [0.1, 0.15) is 4.20 Å². The van der Waals surface area contributed by atoms with E-state index >= 15 is 0 Å². The minimum absolute atomic E-state index is 0.519. The zero-order chi connectivity index (χ0) is 5.98. The van der Waals surface area contributed by atoms with Crippen LogP contribution in [0.3, 0.4) is 0 Å². The summed E-state index contributed by atoms with van der Waals surface area (Å²) in [6.07, 6.45) is 2.41. The van der Waals surface area contributed by atoms with E-state index in [1.54, 1.807) is 5.41 Å². The van der Waals surface area contributed by atoms with Crippen molar-refractivity contribution in [1.29, 1.82) is 0 Å². The van der Waals surface area contributed by atoms with Crippen molar-refractivity contribution in [2.75, 3.05) is 0 Å². The first-order valence-electron chi connectivity index (χ1n) is 2.07. The van der Waals surface area contributed by atoms with Gasteiger partial charge in [0.25, 0.3) is 0 Å². The van der Waals surface area contributed by atoms with Crippen LogP contribution < -0.4 is 0 Å². The van der Waals surface area contributed by atoms with Crippen LogP contribution in [0.15, 0.2) is 11.5 Å². The Morgan fingerprint density at radius 3 is 2.62 bits per heavy atom. The Morgan fingerprint density at radius 2 is 2.38 bits per heavy atom. The summed E-state index contributed by atoms with van der Waals surface area (Å²) in [6, 6.07) is 0. The molecule has 0 amide bonds. The molecule has 0 bridgehead atoms. The molecule has 0 spiro atoms. The summed E-state index contributed by atoms with van der Waals surface area (Å²) in [5, 5.41) is 1.78. The standard InChI is InChI=1S/C4H4O2S2/c5-8(6)4-2-1-3-7-4/h1,3H,2H2. The van der Waals surface area contributed by atoms with Crippen molar-refractivity contribution in [3.8, 4) is 0 Å². The van der Waals surface area contributed by atoms with E-state index in [-0.39, 0.29) is 0 Å². The first-order chi connectivity index (χ1) is 3.80. The van der Waals surface area contributed by atoms with Crippen LogP contribution in [0.4, 0.5) is 0 Å². The van der Waals surface area contributed by atoms with Gasteiger partial charge in [-0.2, -0.15) is 8.42 Å². The molecule has 0 N–H and O–H groups in total. The van der Waals surface area contributed by atoms with E-state index in [2.05, 4.69) is 0 Å². The Balaban J connectivity index is 2.96. The van der Waals surface area contributed by atoms with Gasteiger partial charge in [0, 0.05) is 6.42 Å². The van der Waals surface area contributed by atoms with Crippen LogP contribution in [0.2, 0.25) is 0 Å². The summed E-state index contributed by atoms with van der Waals surface area (Å²) in [5.41, 5.74) is 0. The van der Waals surface area contributed by atoms with Gasteiger partial charge in [0.05, 0.1) is 0 Å². The Morgan fingerprint density at radius 1 is 1.62 bits per heavy atom. The minimum Gasteiger partial charge on any atom is -0.184 e. The van der Waals surface area contributed by atoms with Gasteiger partial charge in [-0.05, 0) is 5.41 Å². The lowest BCUT2D eigenvalue weighted by Crippen LogP contribution is -1.82. The van der Waals surface area contributed by atoms with Gasteiger partial charge in [-0.3, -0.25) is 0 Å². The number of hydrogen-bond donors (Lipinski definition) is 0. The second-order valence-electron chi connectivity index (χ2n) is 1.30. The van der Waals surface area contributed by atoms with Gasteiger partial charge in [-0.25, -0.2) is 0 Å². The summed E-state index contributed by atoms with van der Waals surface area (Å²) in [6.45, 7) is 0. The number of thioether (sulfide) groups is 1. The smallest absolute Gasteiger partial charge is 0.184 e. The maximum absolute atomic E-state index is 10.1. The molecule has 44 valence electrons. The second kappa shape index (κ2) is 2.37. The SMILES string of the molecule is O=S(=O)=C1CC=CS1. The molecule has 0 aromatic carbocycles. The van der Waals surface area contributed by atoms with Crippen molar-refractivity contribution in [3.63, 3.8) is 0 Å². The Bertz CT molecular complexity index is 217. The molecule has 1 aliphatic rings. The van der Waals surface area contributed by atoms with Crippen LogP contribution in [-0.2, 0) is 10.3 Å². The van der Waals surface area contributed by atoms with Gasteiger partial charge in [-0.1, -0.05) is 17.8 Å². The highest BCUT2D eigenvalue weighted by Gasteiger charge is 2.02. The van der Waals surface area contributed by atoms with E-state index in [1.165, 1.54) is 11.8 Å². The maximum atomic E-state index is 10.1. The largest absolute Gasteiger partial charge is 0.224 e. The summed E-state index contributed by atoms with van der Waals surface area (Å²) in [7, 11) is -1.97. The molecule has 1 heterocycles. The van der Waals surface area contributed by atoms with E-state index in [0.29, 0.717) is 10.6 Å². The summed E-state index contributed by atoms with van der Waals surface area (Å²) in [5.74, 6) is 0. The molecule has 1 aliphatic heterocycles. The van der Waals surface area contributed by atoms with Gasteiger partial charge in [-0.15, -0.1) is 0 Å². The molecule has 4 heteroatoms. The van der Waals surface area contributed by atoms with Crippen LogP contribution >= 0.6 is 11.8 Å². The molecular formula is C4H4O2S2. The van der Waals surface area contributed by atoms with Crippen molar-refractivity contribution in [2.45, 2.75) is 6.42 Å². The van der Waals surface area contributed by atoms with E-state index in [0.717, 1.165) is 0 Å². The van der Waals surface area contributed by atoms with E-state index in [9.17, 15) is 8.42 Å². The lowest BCUT2D eigenvalue weighted by Gasteiger charge is -1.77. The maximum Gasteiger partial charge on any atom is 0.224 e. The molecule has 0 saturated carbocycles. The zero-order valence-corrected chi connectivity index (χ0v) is 5.63. The predicted molar refractivity (Wildman–Crippen MR) is 35.3 cm³/mol. The van der Waals surface area contributed by atoms with Crippen LogP contribution in [0.25, 0.3) is 0 Å². The molecule has 0 unspecified atom stereocenters. The van der Waals surface area contributed by atoms with Crippen molar-refractivity contribution >= 4 is 26.3 Å². The second-order valence-corrected chi connectivity index (χ2v) is 3.52. The van der Waals surface area contributed by atoms with Crippen molar-refractivity contribution in [2.24, 2.45) is 0 Å². The lowest BCUT2D eigenvalue weighted by molar-refractivity contribution is 0.627. The van der Waals surface area contributed by atoms with Gasteiger partial charge >= 0.3 is 0 Å². The molecule has 2 nitrogen and oxygen atoms in total. The normalized spacial score (nSPS) is 17.2. The third-order valence-corrected chi connectivity index (χ3v) is 2.76. The highest BCUT2D eigenvalue weighted by atomic mass is 32.2. The van der Waals surface area contributed by atoms with E-state index in [4.69, 9.17) is 0 Å². The molecule has 0 fully saturated rings. The highest BCUT2D eigenvalue weighted by Crippen LogP contribution is 2.15. The zero-order valence-electron chi connectivity index (χ0n) is 3.99.